The molecular formula is C34H35N5O5S. The van der Waals surface area contributed by atoms with Crippen molar-refractivity contribution in [1.29, 1.82) is 0 Å². The number of pyridine rings is 2. The van der Waals surface area contributed by atoms with Gasteiger partial charge in [-0.2, -0.15) is 0 Å². The fourth-order valence-electron chi connectivity index (χ4n) is 5.66. The average molecular weight is 626 g/mol. The van der Waals surface area contributed by atoms with Crippen LogP contribution in [0.15, 0.2) is 78.1 Å². The molecule has 4 N–H and O–H groups in total. The van der Waals surface area contributed by atoms with Gasteiger partial charge >= 0.3 is 0 Å². The number of fused-ring (bicyclic) bond motifs is 3. The third kappa shape index (κ3) is 6.74. The van der Waals surface area contributed by atoms with E-state index in [1.54, 1.807) is 48.8 Å². The Labute approximate surface area is 262 Å². The Kier molecular flexibility index (Phi) is 8.39. The summed E-state index contributed by atoms with van der Waals surface area (Å²) >= 11 is 0. The molecule has 4 aromatic rings. The first kappa shape index (κ1) is 30.4. The number of aromatic nitrogens is 2. The number of phenols is 1. The summed E-state index contributed by atoms with van der Waals surface area (Å²) in [5, 5.41) is 16.8. The Hall–Kier alpha value is -4.61. The Morgan fingerprint density at radius 3 is 2.49 bits per heavy atom. The van der Waals surface area contributed by atoms with E-state index >= 15 is 0 Å². The maximum absolute atomic E-state index is 13.8. The molecule has 2 aromatic carbocycles. The molecule has 1 saturated carbocycles. The van der Waals surface area contributed by atoms with E-state index in [1.807, 2.05) is 19.9 Å². The van der Waals surface area contributed by atoms with E-state index in [2.05, 4.69) is 20.3 Å². The van der Waals surface area contributed by atoms with Crippen LogP contribution in [-0.4, -0.2) is 41.9 Å². The lowest BCUT2D eigenvalue weighted by Crippen LogP contribution is -2.29. The van der Waals surface area contributed by atoms with E-state index in [0.29, 0.717) is 34.2 Å². The lowest BCUT2D eigenvalue weighted by Gasteiger charge is -2.19. The molecule has 0 aliphatic heterocycles. The van der Waals surface area contributed by atoms with Gasteiger partial charge in [-0.25, -0.2) is 13.1 Å². The van der Waals surface area contributed by atoms with Crippen LogP contribution in [0.2, 0.25) is 0 Å². The van der Waals surface area contributed by atoms with Gasteiger partial charge in [0.2, 0.25) is 15.9 Å². The number of carbonyl (C=O) groups is 2. The molecule has 2 aliphatic rings. The van der Waals surface area contributed by atoms with E-state index in [0.717, 1.165) is 29.7 Å². The summed E-state index contributed by atoms with van der Waals surface area (Å²) in [7, 11) is -3.93. The van der Waals surface area contributed by atoms with Gasteiger partial charge in [-0.3, -0.25) is 19.6 Å². The van der Waals surface area contributed by atoms with Gasteiger partial charge in [0.1, 0.15) is 5.75 Å². The molecule has 10 nitrogen and oxygen atoms in total. The molecule has 2 aliphatic carbocycles. The van der Waals surface area contributed by atoms with Crippen molar-refractivity contribution in [2.45, 2.75) is 56.0 Å². The zero-order valence-corrected chi connectivity index (χ0v) is 25.8. The number of phenolic OH excluding ortho intramolecular Hbond substituents is 1. The highest BCUT2D eigenvalue weighted by atomic mass is 32.2. The number of nitrogens with one attached hydrogen (secondary N) is 3. The SMILES string of the molecule is CC(C)CNS(=O)(=O)c1cc2c(c3cnc(C4CC4)cc13)C(NC(=O)C=Cc1ccc(O)cc1)CC2NC(=O)c1cccnc1. The van der Waals surface area contributed by atoms with Crippen molar-refractivity contribution in [2.75, 3.05) is 6.54 Å². The standard InChI is InChI=1S/C34H35N5O5S/c1-20(2)17-37-45(43,44)31-15-26-29(39-34(42)23-4-3-13-35-18-23)16-30(38-32(41)12-7-21-5-10-24(40)11-6-21)33(26)27-19-36-28(14-25(27)31)22-8-9-22/h3-7,10-15,18-20,22,29-30,37,40H,8-9,16-17H2,1-2H3,(H,38,41)(H,39,42). The molecule has 0 radical (unpaired) electrons. The summed E-state index contributed by atoms with van der Waals surface area (Å²) in [6, 6.07) is 12.2. The molecule has 11 heteroatoms. The van der Waals surface area contributed by atoms with E-state index in [4.69, 9.17) is 4.98 Å². The Bertz CT molecular complexity index is 1890. The van der Waals surface area contributed by atoms with Gasteiger partial charge in [0.25, 0.3) is 5.91 Å². The topological polar surface area (TPSA) is 150 Å². The fourth-order valence-corrected chi connectivity index (χ4v) is 7.11. The molecule has 232 valence electrons. The highest BCUT2D eigenvalue weighted by molar-refractivity contribution is 7.89. The smallest absolute Gasteiger partial charge is 0.253 e. The van der Waals surface area contributed by atoms with Gasteiger partial charge in [-0.15, -0.1) is 0 Å². The van der Waals surface area contributed by atoms with Gasteiger partial charge in [0.05, 0.1) is 22.5 Å². The summed E-state index contributed by atoms with van der Waals surface area (Å²) in [5.74, 6) is -0.185. The first-order chi connectivity index (χ1) is 21.6. The predicted octanol–water partition coefficient (Wildman–Crippen LogP) is 4.89. The van der Waals surface area contributed by atoms with Crippen LogP contribution in [0.4, 0.5) is 0 Å². The minimum atomic E-state index is -3.93. The Morgan fingerprint density at radius 1 is 1.02 bits per heavy atom. The maximum Gasteiger partial charge on any atom is 0.253 e. The van der Waals surface area contributed by atoms with Crippen molar-refractivity contribution in [3.63, 3.8) is 0 Å². The predicted molar refractivity (Wildman–Crippen MR) is 171 cm³/mol. The molecule has 0 spiro atoms. The monoisotopic (exact) mass is 625 g/mol. The highest BCUT2D eigenvalue weighted by Crippen LogP contribution is 2.47. The summed E-state index contributed by atoms with van der Waals surface area (Å²) in [5.41, 5.74) is 3.29. The van der Waals surface area contributed by atoms with Crippen molar-refractivity contribution in [3.05, 3.63) is 101 Å². The molecule has 2 unspecified atom stereocenters. The van der Waals surface area contributed by atoms with Crippen molar-refractivity contribution in [2.24, 2.45) is 5.92 Å². The van der Waals surface area contributed by atoms with Crippen LogP contribution in [0, 0.1) is 5.92 Å². The van der Waals surface area contributed by atoms with E-state index < -0.39 is 22.1 Å². The number of rotatable bonds is 10. The Balaban J connectivity index is 1.43. The third-order valence-electron chi connectivity index (χ3n) is 8.11. The molecule has 2 heterocycles. The lowest BCUT2D eigenvalue weighted by molar-refractivity contribution is -0.117. The fraction of sp³-hybridized carbons (Fsp3) is 0.294. The number of benzene rings is 2. The minimum Gasteiger partial charge on any atom is -0.508 e. The van der Waals surface area contributed by atoms with Crippen LogP contribution in [0.5, 0.6) is 5.75 Å². The van der Waals surface area contributed by atoms with Crippen LogP contribution in [0.1, 0.15) is 83.9 Å². The third-order valence-corrected chi connectivity index (χ3v) is 9.57. The molecule has 1 fully saturated rings. The van der Waals surface area contributed by atoms with E-state index in [1.165, 1.54) is 24.4 Å². The van der Waals surface area contributed by atoms with Gasteiger partial charge in [-0.05, 0) is 84.3 Å². The van der Waals surface area contributed by atoms with Gasteiger partial charge in [0, 0.05) is 53.6 Å². The number of sulfonamides is 1. The van der Waals surface area contributed by atoms with Crippen LogP contribution in [0.25, 0.3) is 16.8 Å². The summed E-state index contributed by atoms with van der Waals surface area (Å²) in [6.45, 7) is 4.15. The second-order valence-corrected chi connectivity index (χ2v) is 13.8. The number of carbonyl (C=O) groups excluding carboxylic acids is 2. The molecule has 45 heavy (non-hydrogen) atoms. The molecule has 2 atom stereocenters. The number of aromatic hydroxyl groups is 1. The zero-order chi connectivity index (χ0) is 31.7. The molecule has 2 amide bonds. The van der Waals surface area contributed by atoms with Gasteiger partial charge < -0.3 is 15.7 Å². The largest absolute Gasteiger partial charge is 0.508 e. The number of hydrogen-bond acceptors (Lipinski definition) is 7. The summed E-state index contributed by atoms with van der Waals surface area (Å²) in [6.07, 6.45) is 10.1. The first-order valence-electron chi connectivity index (χ1n) is 15.0. The molecule has 0 bridgehead atoms. The molecule has 0 saturated heterocycles. The maximum atomic E-state index is 13.8. The lowest BCUT2D eigenvalue weighted by atomic mass is 9.98. The highest BCUT2D eigenvalue weighted by Gasteiger charge is 2.37. The normalized spacial score (nSPS) is 17.9. The van der Waals surface area contributed by atoms with Crippen molar-refractivity contribution >= 4 is 38.7 Å². The molecule has 6 rings (SSSR count). The number of nitrogens with zero attached hydrogens (tertiary/aromatic N) is 2. The summed E-state index contributed by atoms with van der Waals surface area (Å²) < 4.78 is 30.3. The number of amides is 2. The number of hydrogen-bond donors (Lipinski definition) is 4. The van der Waals surface area contributed by atoms with E-state index in [9.17, 15) is 23.1 Å². The van der Waals surface area contributed by atoms with Crippen LogP contribution >= 0.6 is 0 Å². The van der Waals surface area contributed by atoms with Crippen molar-refractivity contribution < 1.29 is 23.1 Å². The van der Waals surface area contributed by atoms with Gasteiger partial charge in [-0.1, -0.05) is 26.0 Å². The second-order valence-electron chi connectivity index (χ2n) is 12.0. The Morgan fingerprint density at radius 2 is 1.80 bits per heavy atom. The first-order valence-corrected chi connectivity index (χ1v) is 16.5. The van der Waals surface area contributed by atoms with Crippen LogP contribution in [-0.2, 0) is 14.8 Å². The molecular weight excluding hydrogens is 590 g/mol. The van der Waals surface area contributed by atoms with E-state index in [-0.39, 0.29) is 34.9 Å². The minimum absolute atomic E-state index is 0.102. The average Bonchev–Trinajstić information content (AvgIpc) is 3.83. The van der Waals surface area contributed by atoms with Crippen molar-refractivity contribution in [3.8, 4) is 5.75 Å². The quantitative estimate of drug-likeness (QED) is 0.183. The zero-order valence-electron chi connectivity index (χ0n) is 25.0. The molecule has 2 aromatic heterocycles. The second kappa shape index (κ2) is 12.4. The van der Waals surface area contributed by atoms with Crippen LogP contribution in [0.3, 0.4) is 0 Å². The van der Waals surface area contributed by atoms with Gasteiger partial charge in [0.15, 0.2) is 0 Å². The summed E-state index contributed by atoms with van der Waals surface area (Å²) in [4.78, 5) is 35.3. The van der Waals surface area contributed by atoms with Crippen molar-refractivity contribution in [1.82, 2.24) is 25.3 Å². The van der Waals surface area contributed by atoms with Crippen LogP contribution < -0.4 is 15.4 Å².